The van der Waals surface area contributed by atoms with E-state index in [4.69, 9.17) is 0 Å². The molecule has 3 rings (SSSR count). The van der Waals surface area contributed by atoms with Gasteiger partial charge >= 0.3 is 0 Å². The zero-order valence-electron chi connectivity index (χ0n) is 13.2. The summed E-state index contributed by atoms with van der Waals surface area (Å²) >= 11 is 1.48. The molecule has 0 saturated carbocycles. The summed E-state index contributed by atoms with van der Waals surface area (Å²) in [5, 5.41) is 8.94. The third-order valence-electron chi connectivity index (χ3n) is 4.11. The number of halogens is 1. The van der Waals surface area contributed by atoms with Gasteiger partial charge in [-0.15, -0.1) is 23.7 Å². The van der Waals surface area contributed by atoms with Gasteiger partial charge in [-0.2, -0.15) is 0 Å². The van der Waals surface area contributed by atoms with Crippen molar-refractivity contribution in [3.05, 3.63) is 35.2 Å². The van der Waals surface area contributed by atoms with E-state index in [1.165, 1.54) is 23.3 Å². The number of carbonyl (C=O) groups excluding carboxylic acids is 1. The van der Waals surface area contributed by atoms with Crippen LogP contribution >= 0.6 is 23.7 Å². The number of thiazole rings is 1. The average molecular weight is 352 g/mol. The maximum absolute atomic E-state index is 12.0. The second-order valence-corrected chi connectivity index (χ2v) is 6.66. The van der Waals surface area contributed by atoms with Crippen LogP contribution in [0.2, 0.25) is 0 Å². The fourth-order valence-corrected chi connectivity index (χ4v) is 3.52. The van der Waals surface area contributed by atoms with Gasteiger partial charge in [-0.3, -0.25) is 4.79 Å². The van der Waals surface area contributed by atoms with Crippen molar-refractivity contribution >= 4 is 34.8 Å². The lowest BCUT2D eigenvalue weighted by atomic mass is 10.0. The number of nitrogens with one attached hydrogen (secondary N) is 2. The third-order valence-corrected chi connectivity index (χ3v) is 4.87. The van der Waals surface area contributed by atoms with Gasteiger partial charge in [0, 0.05) is 17.4 Å². The predicted molar refractivity (Wildman–Crippen MR) is 98.4 cm³/mol. The molecule has 0 spiro atoms. The number of rotatable bonds is 5. The van der Waals surface area contributed by atoms with Gasteiger partial charge in [0.2, 0.25) is 5.91 Å². The minimum atomic E-state index is 0. The molecule has 1 aliphatic rings. The first-order valence-corrected chi connectivity index (χ1v) is 8.62. The van der Waals surface area contributed by atoms with E-state index in [1.54, 1.807) is 0 Å². The van der Waals surface area contributed by atoms with E-state index in [0.717, 1.165) is 30.8 Å². The fourth-order valence-electron chi connectivity index (χ4n) is 2.79. The van der Waals surface area contributed by atoms with Gasteiger partial charge in [0.25, 0.3) is 0 Å². The van der Waals surface area contributed by atoms with Crippen molar-refractivity contribution in [1.29, 1.82) is 0 Å². The van der Waals surface area contributed by atoms with Crippen molar-refractivity contribution in [1.82, 2.24) is 10.3 Å². The number of anilines is 1. The Hall–Kier alpha value is -1.43. The summed E-state index contributed by atoms with van der Waals surface area (Å²) in [5.74, 6) is 0.710. The summed E-state index contributed by atoms with van der Waals surface area (Å²) in [6, 6.07) is 8.16. The smallest absolute Gasteiger partial charge is 0.226 e. The van der Waals surface area contributed by atoms with Gasteiger partial charge in [0.05, 0.1) is 5.69 Å². The van der Waals surface area contributed by atoms with Gasteiger partial charge in [-0.05, 0) is 44.3 Å². The molecule has 2 heterocycles. The van der Waals surface area contributed by atoms with Crippen LogP contribution in [0.15, 0.2) is 29.6 Å². The second-order valence-electron chi connectivity index (χ2n) is 5.80. The van der Waals surface area contributed by atoms with Gasteiger partial charge in [-0.25, -0.2) is 4.98 Å². The maximum Gasteiger partial charge on any atom is 0.226 e. The number of aromatic nitrogens is 1. The number of carbonyl (C=O) groups is 1. The second kappa shape index (κ2) is 8.43. The summed E-state index contributed by atoms with van der Waals surface area (Å²) in [6.45, 7) is 4.20. The summed E-state index contributed by atoms with van der Waals surface area (Å²) in [5.41, 5.74) is 3.24. The summed E-state index contributed by atoms with van der Waals surface area (Å²) in [7, 11) is 0. The van der Waals surface area contributed by atoms with Crippen molar-refractivity contribution in [2.45, 2.75) is 26.2 Å². The van der Waals surface area contributed by atoms with E-state index in [-0.39, 0.29) is 18.3 Å². The molecule has 2 N–H and O–H groups in total. The van der Waals surface area contributed by atoms with Crippen LogP contribution in [0, 0.1) is 12.8 Å². The zero-order valence-corrected chi connectivity index (χ0v) is 14.8. The Morgan fingerprint density at radius 3 is 3.00 bits per heavy atom. The van der Waals surface area contributed by atoms with Gasteiger partial charge in [-0.1, -0.05) is 24.3 Å². The first-order chi connectivity index (χ1) is 10.7. The molecule has 1 aliphatic heterocycles. The zero-order chi connectivity index (χ0) is 15.4. The van der Waals surface area contributed by atoms with E-state index in [2.05, 4.69) is 34.7 Å². The molecule has 124 valence electrons. The van der Waals surface area contributed by atoms with Crippen molar-refractivity contribution in [2.24, 2.45) is 5.92 Å². The molecule has 1 fully saturated rings. The van der Waals surface area contributed by atoms with Crippen molar-refractivity contribution in [2.75, 3.05) is 18.4 Å². The standard InChI is InChI=1S/C17H21N3OS.ClH/c1-12-4-2-3-5-14(12)15-11-22-17(19-15)20-16(21)7-6-13-8-9-18-10-13;/h2-5,11,13,18H,6-10H2,1H3,(H,19,20,21);1H. The van der Waals surface area contributed by atoms with Crippen LogP contribution in [-0.2, 0) is 4.79 Å². The van der Waals surface area contributed by atoms with E-state index < -0.39 is 0 Å². The van der Waals surface area contributed by atoms with Crippen molar-refractivity contribution < 1.29 is 4.79 Å². The molecule has 1 saturated heterocycles. The number of aryl methyl sites for hydroxylation is 1. The molecule has 2 aromatic rings. The van der Waals surface area contributed by atoms with Crippen molar-refractivity contribution in [3.8, 4) is 11.3 Å². The van der Waals surface area contributed by atoms with E-state index >= 15 is 0 Å². The first-order valence-electron chi connectivity index (χ1n) is 7.74. The molecule has 1 aromatic heterocycles. The van der Waals surface area contributed by atoms with Gasteiger partial charge < -0.3 is 10.6 Å². The SMILES string of the molecule is Cc1ccccc1-c1csc(NC(=O)CCC2CCNC2)n1.Cl. The molecule has 23 heavy (non-hydrogen) atoms. The Labute approximate surface area is 147 Å². The number of amides is 1. The lowest BCUT2D eigenvalue weighted by molar-refractivity contribution is -0.116. The summed E-state index contributed by atoms with van der Waals surface area (Å²) in [4.78, 5) is 16.6. The maximum atomic E-state index is 12.0. The minimum absolute atomic E-state index is 0. The van der Waals surface area contributed by atoms with E-state index in [0.29, 0.717) is 17.5 Å². The molecule has 1 atom stereocenters. The number of hydrogen-bond donors (Lipinski definition) is 2. The highest BCUT2D eigenvalue weighted by Crippen LogP contribution is 2.27. The van der Waals surface area contributed by atoms with E-state index in [9.17, 15) is 4.79 Å². The highest BCUT2D eigenvalue weighted by Gasteiger charge is 2.16. The minimum Gasteiger partial charge on any atom is -0.316 e. The van der Waals surface area contributed by atoms with Crippen LogP contribution < -0.4 is 10.6 Å². The Bertz CT molecular complexity index is 653. The molecule has 0 aliphatic carbocycles. The lowest BCUT2D eigenvalue weighted by Crippen LogP contribution is -2.14. The molecular weight excluding hydrogens is 330 g/mol. The Morgan fingerprint density at radius 2 is 2.26 bits per heavy atom. The average Bonchev–Trinajstić information content (AvgIpc) is 3.17. The van der Waals surface area contributed by atoms with Crippen molar-refractivity contribution in [3.63, 3.8) is 0 Å². The normalized spacial score (nSPS) is 16.8. The molecule has 6 heteroatoms. The highest BCUT2D eigenvalue weighted by molar-refractivity contribution is 7.14. The van der Waals surface area contributed by atoms with Crippen LogP contribution in [0.4, 0.5) is 5.13 Å². The van der Waals surface area contributed by atoms with Crippen LogP contribution in [0.5, 0.6) is 0 Å². The van der Waals surface area contributed by atoms with Crippen LogP contribution in [0.3, 0.4) is 0 Å². The quantitative estimate of drug-likeness (QED) is 0.859. The summed E-state index contributed by atoms with van der Waals surface area (Å²) < 4.78 is 0. The molecule has 0 radical (unpaired) electrons. The molecule has 4 nitrogen and oxygen atoms in total. The molecule has 1 unspecified atom stereocenters. The number of hydrogen-bond acceptors (Lipinski definition) is 4. The number of nitrogens with zero attached hydrogens (tertiary/aromatic N) is 1. The Kier molecular flexibility index (Phi) is 6.57. The largest absolute Gasteiger partial charge is 0.316 e. The lowest BCUT2D eigenvalue weighted by Gasteiger charge is -2.07. The monoisotopic (exact) mass is 351 g/mol. The van der Waals surface area contributed by atoms with Crippen LogP contribution in [0.25, 0.3) is 11.3 Å². The van der Waals surface area contributed by atoms with Crippen LogP contribution in [0.1, 0.15) is 24.8 Å². The summed E-state index contributed by atoms with van der Waals surface area (Å²) in [6.07, 6.45) is 2.71. The van der Waals surface area contributed by atoms with Gasteiger partial charge in [0.15, 0.2) is 5.13 Å². The number of benzene rings is 1. The Morgan fingerprint density at radius 1 is 1.43 bits per heavy atom. The molecular formula is C17H22ClN3OS. The molecule has 1 aromatic carbocycles. The highest BCUT2D eigenvalue weighted by atomic mass is 35.5. The topological polar surface area (TPSA) is 54.0 Å². The first kappa shape index (κ1) is 17.9. The predicted octanol–water partition coefficient (Wildman–Crippen LogP) is 3.87. The Balaban J connectivity index is 0.00000192. The molecule has 0 bridgehead atoms. The van der Waals surface area contributed by atoms with E-state index in [1.807, 2.05) is 17.5 Å². The van der Waals surface area contributed by atoms with Gasteiger partial charge in [0.1, 0.15) is 0 Å². The molecule has 1 amide bonds. The third kappa shape index (κ3) is 4.77. The van der Waals surface area contributed by atoms with Crippen LogP contribution in [-0.4, -0.2) is 24.0 Å². The fraction of sp³-hybridized carbons (Fsp3) is 0.412.